The molecule has 2 rings (SSSR count). The standard InChI is InChI=1S/C30H40N8O3/c1-4-17-33-29-24(21-35-30(37-29)36-25-13-11-23(20-31)12-14-25)9-6-5-7-18-32-28(41)16-15-26(39)22-34-27(40)10-8-19-38(2)3/h8,10-14,21,26,39H,4-5,7,15-19,22H2,1-3H3,(H,32,41)(H,34,40)(H2,33,35,36,37)/b10-8+/t26-/m0/s1. The van der Waals surface area contributed by atoms with Crippen molar-refractivity contribution >= 4 is 29.3 Å². The summed E-state index contributed by atoms with van der Waals surface area (Å²) in [5, 5.41) is 30.9. The number of hydrogen-bond donors (Lipinski definition) is 5. The summed E-state index contributed by atoms with van der Waals surface area (Å²) in [5.74, 6) is 6.85. The van der Waals surface area contributed by atoms with Gasteiger partial charge in [-0.25, -0.2) is 4.98 Å². The number of anilines is 3. The zero-order valence-electron chi connectivity index (χ0n) is 24.0. The summed E-state index contributed by atoms with van der Waals surface area (Å²) < 4.78 is 0. The predicted octanol–water partition coefficient (Wildman–Crippen LogP) is 2.54. The number of hydrogen-bond acceptors (Lipinski definition) is 9. The number of nitrogens with one attached hydrogen (secondary N) is 4. The third-order valence-electron chi connectivity index (χ3n) is 5.58. The molecule has 0 spiro atoms. The Labute approximate surface area is 242 Å². The Kier molecular flexibility index (Phi) is 15.0. The average Bonchev–Trinajstić information content (AvgIpc) is 2.96. The first kappa shape index (κ1) is 32.8. The van der Waals surface area contributed by atoms with Gasteiger partial charge in [0.15, 0.2) is 0 Å². The van der Waals surface area contributed by atoms with E-state index in [9.17, 15) is 14.7 Å². The molecule has 5 N–H and O–H groups in total. The fraction of sp³-hybridized carbons (Fsp3) is 0.433. The zero-order valence-corrected chi connectivity index (χ0v) is 24.0. The normalized spacial score (nSPS) is 11.3. The van der Waals surface area contributed by atoms with Gasteiger partial charge in [-0.2, -0.15) is 10.2 Å². The van der Waals surface area contributed by atoms with Crippen molar-refractivity contribution in [1.29, 1.82) is 5.26 Å². The number of carbonyl (C=O) groups excluding carboxylic acids is 2. The minimum atomic E-state index is -0.791. The van der Waals surface area contributed by atoms with Gasteiger partial charge >= 0.3 is 0 Å². The maximum atomic E-state index is 12.1. The summed E-state index contributed by atoms with van der Waals surface area (Å²) in [7, 11) is 3.81. The van der Waals surface area contributed by atoms with Crippen LogP contribution >= 0.6 is 0 Å². The second-order valence-electron chi connectivity index (χ2n) is 9.55. The summed E-state index contributed by atoms with van der Waals surface area (Å²) >= 11 is 0. The highest BCUT2D eigenvalue weighted by atomic mass is 16.3. The lowest BCUT2D eigenvalue weighted by atomic mass is 10.2. The van der Waals surface area contributed by atoms with Crippen molar-refractivity contribution in [2.45, 2.75) is 45.1 Å². The van der Waals surface area contributed by atoms with Crippen molar-refractivity contribution in [3.05, 3.63) is 53.7 Å². The van der Waals surface area contributed by atoms with E-state index >= 15 is 0 Å². The molecule has 1 aromatic heterocycles. The molecule has 1 atom stereocenters. The molecule has 0 saturated heterocycles. The van der Waals surface area contributed by atoms with E-state index < -0.39 is 6.10 Å². The lowest BCUT2D eigenvalue weighted by molar-refractivity contribution is -0.121. The zero-order chi connectivity index (χ0) is 29.9. The summed E-state index contributed by atoms with van der Waals surface area (Å²) in [4.78, 5) is 34.6. The summed E-state index contributed by atoms with van der Waals surface area (Å²) in [6, 6.07) is 9.12. The Balaban J connectivity index is 1.73. The summed E-state index contributed by atoms with van der Waals surface area (Å²) in [6.07, 6.45) is 6.66. The number of carbonyl (C=O) groups is 2. The molecule has 1 heterocycles. The van der Waals surface area contributed by atoms with E-state index in [2.05, 4.69) is 56.1 Å². The van der Waals surface area contributed by atoms with Gasteiger partial charge in [-0.1, -0.05) is 24.8 Å². The van der Waals surface area contributed by atoms with E-state index in [1.54, 1.807) is 36.5 Å². The molecule has 0 unspecified atom stereocenters. The molecule has 1 aromatic carbocycles. The highest BCUT2D eigenvalue weighted by Crippen LogP contribution is 2.18. The van der Waals surface area contributed by atoms with Crippen molar-refractivity contribution < 1.29 is 14.7 Å². The number of nitriles is 1. The van der Waals surface area contributed by atoms with Crippen LogP contribution in [0.2, 0.25) is 0 Å². The van der Waals surface area contributed by atoms with Crippen LogP contribution < -0.4 is 21.3 Å². The molecule has 0 bridgehead atoms. The van der Waals surface area contributed by atoms with Gasteiger partial charge in [-0.3, -0.25) is 9.59 Å². The van der Waals surface area contributed by atoms with Crippen LogP contribution in [0.15, 0.2) is 42.6 Å². The lowest BCUT2D eigenvalue weighted by Crippen LogP contribution is -2.32. The van der Waals surface area contributed by atoms with Crippen LogP contribution in [0.1, 0.15) is 50.2 Å². The molecule has 0 aliphatic heterocycles. The maximum absolute atomic E-state index is 12.1. The van der Waals surface area contributed by atoms with E-state index in [1.807, 2.05) is 19.0 Å². The number of nitrogens with zero attached hydrogens (tertiary/aromatic N) is 4. The van der Waals surface area contributed by atoms with Crippen LogP contribution in [-0.4, -0.2) is 78.2 Å². The van der Waals surface area contributed by atoms with Crippen molar-refractivity contribution in [2.24, 2.45) is 0 Å². The van der Waals surface area contributed by atoms with E-state index in [-0.39, 0.29) is 31.2 Å². The number of aliphatic hydroxyl groups is 1. The Morgan fingerprint density at radius 1 is 1.17 bits per heavy atom. The average molecular weight is 561 g/mol. The van der Waals surface area contributed by atoms with Crippen molar-refractivity contribution in [3.63, 3.8) is 0 Å². The molecule has 218 valence electrons. The number of amides is 2. The maximum Gasteiger partial charge on any atom is 0.243 e. The van der Waals surface area contributed by atoms with Crippen LogP contribution in [0.4, 0.5) is 17.5 Å². The fourth-order valence-corrected chi connectivity index (χ4v) is 3.37. The van der Waals surface area contributed by atoms with E-state index in [4.69, 9.17) is 5.26 Å². The van der Waals surface area contributed by atoms with Gasteiger partial charge in [0.2, 0.25) is 17.8 Å². The summed E-state index contributed by atoms with van der Waals surface area (Å²) in [6.45, 7) is 4.03. The third-order valence-corrected chi connectivity index (χ3v) is 5.58. The monoisotopic (exact) mass is 560 g/mol. The molecule has 0 fully saturated rings. The topological polar surface area (TPSA) is 155 Å². The molecule has 0 radical (unpaired) electrons. The lowest BCUT2D eigenvalue weighted by Gasteiger charge is -2.11. The molecule has 0 saturated carbocycles. The number of unbranched alkanes of at least 4 members (excludes halogenated alkanes) is 1. The molecule has 41 heavy (non-hydrogen) atoms. The van der Waals surface area contributed by atoms with Gasteiger partial charge < -0.3 is 31.3 Å². The Morgan fingerprint density at radius 3 is 2.66 bits per heavy atom. The van der Waals surface area contributed by atoms with Crippen LogP contribution in [-0.2, 0) is 9.59 Å². The molecule has 2 aromatic rings. The van der Waals surface area contributed by atoms with E-state index in [0.29, 0.717) is 48.8 Å². The Morgan fingerprint density at radius 2 is 1.95 bits per heavy atom. The van der Waals surface area contributed by atoms with Crippen LogP contribution in [0.25, 0.3) is 0 Å². The highest BCUT2D eigenvalue weighted by molar-refractivity contribution is 5.87. The Bertz CT molecular complexity index is 1240. The van der Waals surface area contributed by atoms with Gasteiger partial charge in [0.05, 0.1) is 29.5 Å². The number of likely N-dealkylation sites (N-methyl/N-ethyl adjacent to an activating group) is 1. The van der Waals surface area contributed by atoms with Crippen molar-refractivity contribution in [2.75, 3.05) is 50.9 Å². The number of aliphatic hydroxyl groups excluding tert-OH is 1. The molecular formula is C30H40N8O3. The largest absolute Gasteiger partial charge is 0.391 e. The SMILES string of the molecule is CCCNc1nc(Nc2ccc(C#N)cc2)ncc1C#CCCCNC(=O)CC[C@H](O)CNC(=O)/C=C/CN(C)C. The number of rotatable bonds is 16. The predicted molar refractivity (Wildman–Crippen MR) is 160 cm³/mol. The number of benzene rings is 1. The molecule has 11 nitrogen and oxygen atoms in total. The van der Waals surface area contributed by atoms with Crippen LogP contribution in [0.3, 0.4) is 0 Å². The molecular weight excluding hydrogens is 520 g/mol. The van der Waals surface area contributed by atoms with Crippen LogP contribution in [0.5, 0.6) is 0 Å². The second-order valence-corrected chi connectivity index (χ2v) is 9.55. The van der Waals surface area contributed by atoms with Crippen molar-refractivity contribution in [3.8, 4) is 17.9 Å². The first-order chi connectivity index (χ1) is 19.8. The minimum Gasteiger partial charge on any atom is -0.391 e. The fourth-order valence-electron chi connectivity index (χ4n) is 3.37. The van der Waals surface area contributed by atoms with Gasteiger partial charge in [0, 0.05) is 50.8 Å². The second kappa shape index (κ2) is 18.8. The minimum absolute atomic E-state index is 0.0965. The molecule has 11 heteroatoms. The first-order valence-electron chi connectivity index (χ1n) is 13.7. The van der Waals surface area contributed by atoms with Crippen LogP contribution in [0, 0.1) is 23.2 Å². The highest BCUT2D eigenvalue weighted by Gasteiger charge is 2.09. The summed E-state index contributed by atoms with van der Waals surface area (Å²) in [5.41, 5.74) is 2.03. The quantitative estimate of drug-likeness (QED) is 0.118. The Hall–Kier alpha value is -4.45. The van der Waals surface area contributed by atoms with Gasteiger partial charge in [-0.15, -0.1) is 0 Å². The van der Waals surface area contributed by atoms with Gasteiger partial charge in [0.1, 0.15) is 5.82 Å². The van der Waals surface area contributed by atoms with E-state index in [1.165, 1.54) is 6.08 Å². The number of aromatic nitrogens is 2. The van der Waals surface area contributed by atoms with Gasteiger partial charge in [0.25, 0.3) is 0 Å². The molecule has 0 aliphatic rings. The van der Waals surface area contributed by atoms with E-state index in [0.717, 1.165) is 18.7 Å². The van der Waals surface area contributed by atoms with Crippen molar-refractivity contribution in [1.82, 2.24) is 25.5 Å². The third kappa shape index (κ3) is 14.0. The first-order valence-corrected chi connectivity index (χ1v) is 13.7. The molecule has 0 aliphatic carbocycles. The smallest absolute Gasteiger partial charge is 0.243 e. The van der Waals surface area contributed by atoms with Gasteiger partial charge in [-0.05, 0) is 57.6 Å². The molecule has 2 amide bonds.